The number of carbonyl (C=O) groups is 1. The largest absolute Gasteiger partial charge is 0.339 e. The monoisotopic (exact) mass is 377 g/mol. The lowest BCUT2D eigenvalue weighted by atomic mass is 10.1. The first kappa shape index (κ1) is 18.8. The molecule has 0 N–H and O–H groups in total. The molecule has 1 atom stereocenters. The van der Waals surface area contributed by atoms with Crippen LogP contribution in [0, 0.1) is 11.6 Å². The van der Waals surface area contributed by atoms with Gasteiger partial charge >= 0.3 is 0 Å². The van der Waals surface area contributed by atoms with Crippen molar-refractivity contribution < 1.29 is 13.6 Å². The molecule has 4 nitrogen and oxygen atoms in total. The maximum Gasteiger partial charge on any atom is 0.233 e. The zero-order chi connectivity index (χ0) is 18.5. The Balaban J connectivity index is 1.48. The quantitative estimate of drug-likeness (QED) is 0.749. The standard InChI is InChI=1S/C19H21F2N3OS/c1-14(15-3-2-6-22-12-15)23-7-9-24(10-8-23)19(25)13-26-16-4-5-17(20)18(21)11-16/h2-6,11-12,14H,7-10,13H2,1H3. The molecule has 1 aliphatic rings. The zero-order valence-electron chi connectivity index (χ0n) is 14.6. The maximum absolute atomic E-state index is 13.2. The summed E-state index contributed by atoms with van der Waals surface area (Å²) in [5.74, 6) is -1.52. The van der Waals surface area contributed by atoms with E-state index in [-0.39, 0.29) is 17.7 Å². The maximum atomic E-state index is 13.2. The molecule has 1 aromatic carbocycles. The minimum atomic E-state index is -0.888. The lowest BCUT2D eigenvalue weighted by Crippen LogP contribution is -2.49. The van der Waals surface area contributed by atoms with E-state index in [1.54, 1.807) is 6.20 Å². The molecule has 0 aliphatic carbocycles. The van der Waals surface area contributed by atoms with Crippen molar-refractivity contribution in [2.75, 3.05) is 31.9 Å². The van der Waals surface area contributed by atoms with Crippen LogP contribution in [-0.4, -0.2) is 52.6 Å². The Morgan fingerprint density at radius 2 is 1.96 bits per heavy atom. The minimum Gasteiger partial charge on any atom is -0.339 e. The predicted molar refractivity (Wildman–Crippen MR) is 97.9 cm³/mol. The third-order valence-electron chi connectivity index (χ3n) is 4.63. The molecule has 1 unspecified atom stereocenters. The SMILES string of the molecule is CC(c1cccnc1)N1CCN(C(=O)CSc2ccc(F)c(F)c2)CC1. The van der Waals surface area contributed by atoms with Crippen LogP contribution in [0.5, 0.6) is 0 Å². The summed E-state index contributed by atoms with van der Waals surface area (Å²) in [5, 5.41) is 0. The summed E-state index contributed by atoms with van der Waals surface area (Å²) >= 11 is 1.23. The summed E-state index contributed by atoms with van der Waals surface area (Å²) in [6.45, 7) is 5.09. The molecule has 1 amide bonds. The van der Waals surface area contributed by atoms with E-state index in [0.29, 0.717) is 18.0 Å². The first-order valence-corrected chi connectivity index (χ1v) is 9.53. The van der Waals surface area contributed by atoms with Crippen LogP contribution < -0.4 is 0 Å². The van der Waals surface area contributed by atoms with Gasteiger partial charge in [-0.1, -0.05) is 6.07 Å². The van der Waals surface area contributed by atoms with E-state index in [0.717, 1.165) is 25.2 Å². The topological polar surface area (TPSA) is 36.4 Å². The van der Waals surface area contributed by atoms with Gasteiger partial charge in [0.1, 0.15) is 0 Å². The summed E-state index contributed by atoms with van der Waals surface area (Å²) in [4.78, 5) is 21.3. The van der Waals surface area contributed by atoms with E-state index in [2.05, 4.69) is 22.9 Å². The van der Waals surface area contributed by atoms with Gasteiger partial charge in [0.2, 0.25) is 5.91 Å². The number of thioether (sulfide) groups is 1. The lowest BCUT2D eigenvalue weighted by Gasteiger charge is -2.38. The fourth-order valence-electron chi connectivity index (χ4n) is 3.00. The predicted octanol–water partition coefficient (Wildman–Crippen LogP) is 3.36. The van der Waals surface area contributed by atoms with Crippen molar-refractivity contribution in [2.24, 2.45) is 0 Å². The van der Waals surface area contributed by atoms with Gasteiger partial charge in [-0.2, -0.15) is 0 Å². The third-order valence-corrected chi connectivity index (χ3v) is 5.61. The first-order chi connectivity index (χ1) is 12.5. The highest BCUT2D eigenvalue weighted by atomic mass is 32.2. The molecule has 26 heavy (non-hydrogen) atoms. The smallest absolute Gasteiger partial charge is 0.233 e. The van der Waals surface area contributed by atoms with Crippen molar-refractivity contribution in [3.63, 3.8) is 0 Å². The summed E-state index contributed by atoms with van der Waals surface area (Å²) in [6.07, 6.45) is 3.64. The summed E-state index contributed by atoms with van der Waals surface area (Å²) in [7, 11) is 0. The molecule has 2 aromatic rings. The van der Waals surface area contributed by atoms with E-state index in [1.807, 2.05) is 17.2 Å². The van der Waals surface area contributed by atoms with Crippen LogP contribution in [0.2, 0.25) is 0 Å². The number of hydrogen-bond acceptors (Lipinski definition) is 4. The molecule has 7 heteroatoms. The van der Waals surface area contributed by atoms with Crippen LogP contribution in [0.15, 0.2) is 47.6 Å². The molecular formula is C19H21F2N3OS. The molecule has 3 rings (SSSR count). The van der Waals surface area contributed by atoms with Gasteiger partial charge in [0.15, 0.2) is 11.6 Å². The molecule has 1 saturated heterocycles. The summed E-state index contributed by atoms with van der Waals surface area (Å²) in [5.41, 5.74) is 1.17. The van der Waals surface area contributed by atoms with Crippen molar-refractivity contribution in [2.45, 2.75) is 17.9 Å². The van der Waals surface area contributed by atoms with Crippen molar-refractivity contribution >= 4 is 17.7 Å². The van der Waals surface area contributed by atoms with Gasteiger partial charge in [-0.3, -0.25) is 14.7 Å². The lowest BCUT2D eigenvalue weighted by molar-refractivity contribution is -0.130. The number of halogens is 2. The highest BCUT2D eigenvalue weighted by Gasteiger charge is 2.24. The fraction of sp³-hybridized carbons (Fsp3) is 0.368. The number of pyridine rings is 1. The van der Waals surface area contributed by atoms with Gasteiger partial charge in [-0.05, 0) is 36.8 Å². The number of piperazine rings is 1. The average Bonchev–Trinajstić information content (AvgIpc) is 2.69. The number of carbonyl (C=O) groups excluding carboxylic acids is 1. The Bertz CT molecular complexity index is 752. The molecule has 1 aliphatic heterocycles. The number of benzene rings is 1. The molecule has 2 heterocycles. The molecule has 0 radical (unpaired) electrons. The van der Waals surface area contributed by atoms with Gasteiger partial charge in [0.05, 0.1) is 5.75 Å². The second kappa shape index (κ2) is 8.60. The normalized spacial score (nSPS) is 16.5. The van der Waals surface area contributed by atoms with Crippen LogP contribution in [-0.2, 0) is 4.79 Å². The fourth-order valence-corrected chi connectivity index (χ4v) is 3.82. The number of rotatable bonds is 5. The van der Waals surface area contributed by atoms with E-state index < -0.39 is 11.6 Å². The van der Waals surface area contributed by atoms with Crippen molar-refractivity contribution in [1.29, 1.82) is 0 Å². The van der Waals surface area contributed by atoms with E-state index >= 15 is 0 Å². The molecule has 0 spiro atoms. The van der Waals surface area contributed by atoms with Crippen LogP contribution in [0.3, 0.4) is 0 Å². The highest BCUT2D eigenvalue weighted by molar-refractivity contribution is 8.00. The third kappa shape index (κ3) is 4.59. The Labute approximate surface area is 156 Å². The van der Waals surface area contributed by atoms with Crippen LogP contribution in [0.1, 0.15) is 18.5 Å². The molecular weight excluding hydrogens is 356 g/mol. The molecule has 1 fully saturated rings. The Morgan fingerprint density at radius 1 is 1.19 bits per heavy atom. The van der Waals surface area contributed by atoms with Gasteiger partial charge < -0.3 is 4.90 Å². The number of amides is 1. The van der Waals surface area contributed by atoms with Gasteiger partial charge in [0.25, 0.3) is 0 Å². The number of aromatic nitrogens is 1. The second-order valence-electron chi connectivity index (χ2n) is 6.24. The van der Waals surface area contributed by atoms with E-state index in [1.165, 1.54) is 23.4 Å². The highest BCUT2D eigenvalue weighted by Crippen LogP contribution is 2.23. The molecule has 1 aromatic heterocycles. The number of nitrogens with zero attached hydrogens (tertiary/aromatic N) is 3. The van der Waals surface area contributed by atoms with Gasteiger partial charge in [-0.25, -0.2) is 8.78 Å². The van der Waals surface area contributed by atoms with Crippen LogP contribution >= 0.6 is 11.8 Å². The Morgan fingerprint density at radius 3 is 2.62 bits per heavy atom. The molecule has 138 valence electrons. The van der Waals surface area contributed by atoms with Gasteiger partial charge in [0, 0.05) is 49.5 Å². The van der Waals surface area contributed by atoms with Crippen molar-refractivity contribution in [3.8, 4) is 0 Å². The number of hydrogen-bond donors (Lipinski definition) is 0. The van der Waals surface area contributed by atoms with Crippen LogP contribution in [0.25, 0.3) is 0 Å². The molecule has 0 bridgehead atoms. The molecule has 0 saturated carbocycles. The second-order valence-corrected chi connectivity index (χ2v) is 7.29. The average molecular weight is 377 g/mol. The van der Waals surface area contributed by atoms with Gasteiger partial charge in [-0.15, -0.1) is 11.8 Å². The zero-order valence-corrected chi connectivity index (χ0v) is 15.4. The van der Waals surface area contributed by atoms with E-state index in [4.69, 9.17) is 0 Å². The van der Waals surface area contributed by atoms with Crippen molar-refractivity contribution in [1.82, 2.24) is 14.8 Å². The van der Waals surface area contributed by atoms with E-state index in [9.17, 15) is 13.6 Å². The first-order valence-electron chi connectivity index (χ1n) is 8.54. The summed E-state index contributed by atoms with van der Waals surface area (Å²) < 4.78 is 26.2. The Hall–Kier alpha value is -1.99. The summed E-state index contributed by atoms with van der Waals surface area (Å²) in [6, 6.07) is 7.96. The van der Waals surface area contributed by atoms with Crippen LogP contribution in [0.4, 0.5) is 8.78 Å². The minimum absolute atomic E-state index is 0.0217. The van der Waals surface area contributed by atoms with Crippen molar-refractivity contribution in [3.05, 3.63) is 59.9 Å². The Kier molecular flexibility index (Phi) is 6.21.